The van der Waals surface area contributed by atoms with Crippen molar-refractivity contribution in [2.75, 3.05) is 4.72 Å². The van der Waals surface area contributed by atoms with Crippen molar-refractivity contribution in [3.63, 3.8) is 0 Å². The van der Waals surface area contributed by atoms with E-state index in [2.05, 4.69) is 9.29 Å². The Kier molecular flexibility index (Phi) is 4.40. The van der Waals surface area contributed by atoms with Crippen molar-refractivity contribution in [1.29, 1.82) is 0 Å². The van der Waals surface area contributed by atoms with Gasteiger partial charge in [-0.15, -0.1) is 0 Å². The maximum Gasteiger partial charge on any atom is 0.262 e. The standard InChI is InChI=1S/C22H23N3O2S/c1-22(2,23)15-25-13-12-17-14-18(10-11-20(17)25)24-28(26,27)21-9-5-7-16-6-3-4-8-19(16)21/h3-14,24H,15,23H2,1-2H3. The third kappa shape index (κ3) is 3.61. The first-order valence-electron chi connectivity index (χ1n) is 9.11. The third-order valence-electron chi connectivity index (χ3n) is 4.64. The van der Waals surface area contributed by atoms with Crippen molar-refractivity contribution in [2.24, 2.45) is 5.73 Å². The average Bonchev–Trinajstić information content (AvgIpc) is 3.01. The van der Waals surface area contributed by atoms with E-state index >= 15 is 0 Å². The van der Waals surface area contributed by atoms with Gasteiger partial charge in [-0.2, -0.15) is 0 Å². The monoisotopic (exact) mass is 393 g/mol. The Balaban J connectivity index is 1.69. The Labute approximate surface area is 164 Å². The first kappa shape index (κ1) is 18.5. The summed E-state index contributed by atoms with van der Waals surface area (Å²) in [7, 11) is -3.71. The van der Waals surface area contributed by atoms with Crippen molar-refractivity contribution < 1.29 is 8.42 Å². The highest BCUT2D eigenvalue weighted by Crippen LogP contribution is 2.27. The Morgan fingerprint density at radius 2 is 1.71 bits per heavy atom. The molecule has 3 N–H and O–H groups in total. The number of fused-ring (bicyclic) bond motifs is 2. The molecule has 144 valence electrons. The van der Waals surface area contributed by atoms with Gasteiger partial charge in [-0.3, -0.25) is 4.72 Å². The number of nitrogens with two attached hydrogens (primary N) is 1. The number of anilines is 1. The van der Waals surface area contributed by atoms with Crippen LogP contribution in [0, 0.1) is 0 Å². The van der Waals surface area contributed by atoms with Gasteiger partial charge < -0.3 is 10.3 Å². The SMILES string of the molecule is CC(C)(N)Cn1ccc2cc(NS(=O)(=O)c3cccc4ccccc34)ccc21. The van der Waals surface area contributed by atoms with Crippen LogP contribution in [0.3, 0.4) is 0 Å². The molecule has 0 aliphatic rings. The molecule has 0 spiro atoms. The van der Waals surface area contributed by atoms with E-state index in [0.717, 1.165) is 16.3 Å². The van der Waals surface area contributed by atoms with E-state index in [1.54, 1.807) is 18.2 Å². The van der Waals surface area contributed by atoms with Gasteiger partial charge in [0.2, 0.25) is 0 Å². The maximum absolute atomic E-state index is 13.0. The first-order valence-corrected chi connectivity index (χ1v) is 10.6. The van der Waals surface area contributed by atoms with Gasteiger partial charge in [-0.25, -0.2) is 8.42 Å². The summed E-state index contributed by atoms with van der Waals surface area (Å²) in [5, 5.41) is 2.56. The fourth-order valence-corrected chi connectivity index (χ4v) is 4.76. The minimum Gasteiger partial charge on any atom is -0.346 e. The second kappa shape index (κ2) is 6.65. The van der Waals surface area contributed by atoms with E-state index in [1.165, 1.54) is 0 Å². The van der Waals surface area contributed by atoms with Crippen LogP contribution in [0.1, 0.15) is 13.8 Å². The molecule has 1 heterocycles. The minimum absolute atomic E-state index is 0.271. The number of hydrogen-bond donors (Lipinski definition) is 2. The van der Waals surface area contributed by atoms with E-state index in [-0.39, 0.29) is 10.4 Å². The molecule has 6 heteroatoms. The van der Waals surface area contributed by atoms with Crippen LogP contribution in [0.4, 0.5) is 5.69 Å². The minimum atomic E-state index is -3.71. The number of sulfonamides is 1. The van der Waals surface area contributed by atoms with Crippen molar-refractivity contribution in [3.8, 4) is 0 Å². The van der Waals surface area contributed by atoms with E-state index in [1.807, 2.05) is 68.6 Å². The van der Waals surface area contributed by atoms with E-state index in [9.17, 15) is 8.42 Å². The summed E-state index contributed by atoms with van der Waals surface area (Å²) in [6.45, 7) is 4.63. The van der Waals surface area contributed by atoms with Crippen molar-refractivity contribution in [3.05, 3.63) is 72.9 Å². The van der Waals surface area contributed by atoms with Crippen LogP contribution < -0.4 is 10.5 Å². The molecule has 0 bridgehead atoms. The van der Waals surface area contributed by atoms with Gasteiger partial charge in [0.15, 0.2) is 0 Å². The summed E-state index contributed by atoms with van der Waals surface area (Å²) in [5.74, 6) is 0. The van der Waals surface area contributed by atoms with Gasteiger partial charge in [0.1, 0.15) is 0 Å². The van der Waals surface area contributed by atoms with Crippen LogP contribution >= 0.6 is 0 Å². The van der Waals surface area contributed by atoms with Gasteiger partial charge in [0.05, 0.1) is 4.90 Å². The first-order chi connectivity index (χ1) is 13.2. The number of benzene rings is 3. The molecular weight excluding hydrogens is 370 g/mol. The molecule has 0 atom stereocenters. The topological polar surface area (TPSA) is 77.1 Å². The second-order valence-corrected chi connectivity index (χ2v) is 9.44. The summed E-state index contributed by atoms with van der Waals surface area (Å²) >= 11 is 0. The van der Waals surface area contributed by atoms with Gasteiger partial charge in [-0.1, -0.05) is 36.4 Å². The Morgan fingerprint density at radius 1 is 0.964 bits per heavy atom. The zero-order valence-electron chi connectivity index (χ0n) is 15.9. The fourth-order valence-electron chi connectivity index (χ4n) is 3.48. The average molecular weight is 394 g/mol. The summed E-state index contributed by atoms with van der Waals surface area (Å²) in [6.07, 6.45) is 1.97. The van der Waals surface area contributed by atoms with Crippen LogP contribution in [0.15, 0.2) is 77.8 Å². The smallest absolute Gasteiger partial charge is 0.262 e. The molecule has 0 aliphatic heterocycles. The lowest BCUT2D eigenvalue weighted by Gasteiger charge is -2.20. The highest BCUT2D eigenvalue weighted by Gasteiger charge is 2.18. The van der Waals surface area contributed by atoms with Gasteiger partial charge in [0, 0.05) is 40.3 Å². The Morgan fingerprint density at radius 3 is 2.50 bits per heavy atom. The van der Waals surface area contributed by atoms with Crippen LogP contribution in [0.25, 0.3) is 21.7 Å². The molecule has 4 aromatic rings. The Bertz CT molecular complexity index is 1260. The molecule has 0 unspecified atom stereocenters. The van der Waals surface area contributed by atoms with E-state index < -0.39 is 10.0 Å². The number of aromatic nitrogens is 1. The maximum atomic E-state index is 13.0. The summed E-state index contributed by atoms with van der Waals surface area (Å²) in [5.41, 5.74) is 7.35. The third-order valence-corrected chi connectivity index (χ3v) is 6.08. The molecule has 0 amide bonds. The number of nitrogens with one attached hydrogen (secondary N) is 1. The van der Waals surface area contributed by atoms with Crippen molar-refractivity contribution in [2.45, 2.75) is 30.8 Å². The lowest BCUT2D eigenvalue weighted by atomic mass is 10.1. The van der Waals surface area contributed by atoms with Crippen molar-refractivity contribution in [1.82, 2.24) is 4.57 Å². The lowest BCUT2D eigenvalue weighted by molar-refractivity contribution is 0.441. The lowest BCUT2D eigenvalue weighted by Crippen LogP contribution is -2.36. The highest BCUT2D eigenvalue weighted by atomic mass is 32.2. The van der Waals surface area contributed by atoms with Gasteiger partial charge >= 0.3 is 0 Å². The van der Waals surface area contributed by atoms with E-state index in [4.69, 9.17) is 5.73 Å². The molecule has 0 saturated heterocycles. The molecule has 0 radical (unpaired) electrons. The predicted octanol–water partition coefficient (Wildman–Crippen LogP) is 4.33. The molecule has 5 nitrogen and oxygen atoms in total. The predicted molar refractivity (Wildman–Crippen MR) is 115 cm³/mol. The molecular formula is C22H23N3O2S. The molecule has 0 saturated carbocycles. The normalized spacial score (nSPS) is 12.5. The van der Waals surface area contributed by atoms with Crippen LogP contribution in [-0.4, -0.2) is 18.5 Å². The van der Waals surface area contributed by atoms with Crippen molar-refractivity contribution >= 4 is 37.4 Å². The number of hydrogen-bond acceptors (Lipinski definition) is 3. The largest absolute Gasteiger partial charge is 0.346 e. The molecule has 4 rings (SSSR count). The number of rotatable bonds is 5. The Hall–Kier alpha value is -2.83. The molecule has 0 fully saturated rings. The molecule has 28 heavy (non-hydrogen) atoms. The number of nitrogens with zero attached hydrogens (tertiary/aromatic N) is 1. The zero-order chi connectivity index (χ0) is 19.9. The second-order valence-electron chi connectivity index (χ2n) is 7.79. The van der Waals surface area contributed by atoms with Crippen LogP contribution in [0.5, 0.6) is 0 Å². The highest BCUT2D eigenvalue weighted by molar-refractivity contribution is 7.93. The molecule has 3 aromatic carbocycles. The quantitative estimate of drug-likeness (QED) is 0.530. The molecule has 0 aliphatic carbocycles. The van der Waals surface area contributed by atoms with Crippen LogP contribution in [-0.2, 0) is 16.6 Å². The zero-order valence-corrected chi connectivity index (χ0v) is 16.7. The fraction of sp³-hybridized carbons (Fsp3) is 0.182. The summed E-state index contributed by atoms with van der Waals surface area (Å²) < 4.78 is 30.8. The summed E-state index contributed by atoms with van der Waals surface area (Å²) in [6, 6.07) is 20.3. The van der Waals surface area contributed by atoms with Crippen LogP contribution in [0.2, 0.25) is 0 Å². The summed E-state index contributed by atoms with van der Waals surface area (Å²) in [4.78, 5) is 0.271. The van der Waals surface area contributed by atoms with Gasteiger partial charge in [-0.05, 0) is 49.6 Å². The van der Waals surface area contributed by atoms with Gasteiger partial charge in [0.25, 0.3) is 10.0 Å². The van der Waals surface area contributed by atoms with E-state index in [0.29, 0.717) is 17.6 Å². The molecule has 1 aromatic heterocycles.